The molecule has 0 spiro atoms. The van der Waals surface area contributed by atoms with Gasteiger partial charge in [0.25, 0.3) is 0 Å². The van der Waals surface area contributed by atoms with Crippen LogP contribution in [0.3, 0.4) is 0 Å². The van der Waals surface area contributed by atoms with Crippen LogP contribution in [0.2, 0.25) is 10.0 Å². The van der Waals surface area contributed by atoms with E-state index in [0.29, 0.717) is 21.4 Å². The average Bonchev–Trinajstić information content (AvgIpc) is 2.39. The first-order valence-corrected chi connectivity index (χ1v) is 7.37. The molecule has 0 N–H and O–H groups in total. The second-order valence-corrected chi connectivity index (χ2v) is 6.03. The predicted octanol–water partition coefficient (Wildman–Crippen LogP) is 5.59. The normalized spacial score (nSPS) is 10.4. The quantitative estimate of drug-likeness (QED) is 0.506. The van der Waals surface area contributed by atoms with Gasteiger partial charge >= 0.3 is 5.97 Å². The van der Waals surface area contributed by atoms with E-state index in [9.17, 15) is 4.79 Å². The Labute approximate surface area is 135 Å². The molecule has 0 saturated heterocycles. The number of rotatable bonds is 2. The summed E-state index contributed by atoms with van der Waals surface area (Å²) >= 11 is 15.4. The van der Waals surface area contributed by atoms with Crippen LogP contribution < -0.4 is 4.74 Å². The van der Waals surface area contributed by atoms with Crippen LogP contribution in [-0.4, -0.2) is 5.97 Å². The number of ether oxygens (including phenoxy) is 1. The highest BCUT2D eigenvalue weighted by atomic mass is 79.9. The molecule has 0 aliphatic rings. The second-order valence-electron chi connectivity index (χ2n) is 4.37. The molecule has 2 nitrogen and oxygen atoms in total. The van der Waals surface area contributed by atoms with Crippen molar-refractivity contribution in [2.24, 2.45) is 0 Å². The monoisotopic (exact) mass is 372 g/mol. The summed E-state index contributed by atoms with van der Waals surface area (Å²) in [7, 11) is 0. The van der Waals surface area contributed by atoms with Crippen molar-refractivity contribution < 1.29 is 9.53 Å². The second kappa shape index (κ2) is 6.17. The van der Waals surface area contributed by atoms with Crippen LogP contribution in [0.15, 0.2) is 34.8 Å². The molecule has 2 aromatic carbocycles. The molecule has 0 aliphatic carbocycles. The van der Waals surface area contributed by atoms with Crippen molar-refractivity contribution in [3.05, 3.63) is 61.5 Å². The fourth-order valence-corrected chi connectivity index (χ4v) is 2.41. The molecule has 0 amide bonds. The largest absolute Gasteiger partial charge is 0.423 e. The van der Waals surface area contributed by atoms with Gasteiger partial charge in [-0.25, -0.2) is 4.79 Å². The van der Waals surface area contributed by atoms with Crippen molar-refractivity contribution in [2.45, 2.75) is 13.8 Å². The van der Waals surface area contributed by atoms with E-state index in [1.807, 2.05) is 13.0 Å². The predicted molar refractivity (Wildman–Crippen MR) is 85.0 cm³/mol. The highest BCUT2D eigenvalue weighted by Crippen LogP contribution is 2.30. The van der Waals surface area contributed by atoms with Gasteiger partial charge in [0.05, 0.1) is 5.56 Å². The highest BCUT2D eigenvalue weighted by molar-refractivity contribution is 9.10. The van der Waals surface area contributed by atoms with Crippen LogP contribution in [-0.2, 0) is 0 Å². The zero-order valence-corrected chi connectivity index (χ0v) is 13.9. The van der Waals surface area contributed by atoms with Gasteiger partial charge < -0.3 is 4.74 Å². The van der Waals surface area contributed by atoms with Crippen molar-refractivity contribution in [1.82, 2.24) is 0 Å². The first-order valence-electron chi connectivity index (χ1n) is 5.82. The Kier molecular flexibility index (Phi) is 4.74. The highest BCUT2D eigenvalue weighted by Gasteiger charge is 2.12. The molecule has 0 aliphatic heterocycles. The molecule has 2 rings (SSSR count). The third kappa shape index (κ3) is 3.35. The van der Waals surface area contributed by atoms with Crippen molar-refractivity contribution in [3.8, 4) is 5.75 Å². The maximum absolute atomic E-state index is 12.1. The fraction of sp³-hybridized carbons (Fsp3) is 0.133. The molecule has 0 aromatic heterocycles. The lowest BCUT2D eigenvalue weighted by Gasteiger charge is -2.08. The number of aryl methyl sites for hydroxylation is 1. The topological polar surface area (TPSA) is 26.3 Å². The minimum atomic E-state index is -0.457. The zero-order chi connectivity index (χ0) is 14.9. The Morgan fingerprint density at radius 1 is 1.10 bits per heavy atom. The molecule has 5 heteroatoms. The lowest BCUT2D eigenvalue weighted by Crippen LogP contribution is -2.08. The molecule has 0 atom stereocenters. The van der Waals surface area contributed by atoms with Gasteiger partial charge in [0.2, 0.25) is 0 Å². The van der Waals surface area contributed by atoms with Crippen molar-refractivity contribution >= 4 is 45.1 Å². The number of halogens is 3. The number of benzene rings is 2. The summed E-state index contributed by atoms with van der Waals surface area (Å²) in [6.07, 6.45) is 0. The third-order valence-electron chi connectivity index (χ3n) is 2.87. The summed E-state index contributed by atoms with van der Waals surface area (Å²) in [5, 5.41) is 0.927. The lowest BCUT2D eigenvalue weighted by atomic mass is 10.1. The van der Waals surface area contributed by atoms with Gasteiger partial charge in [-0.15, -0.1) is 0 Å². The lowest BCUT2D eigenvalue weighted by molar-refractivity contribution is 0.0734. The number of carbonyl (C=O) groups is 1. The molecule has 0 fully saturated rings. The van der Waals surface area contributed by atoms with Crippen LogP contribution in [0.5, 0.6) is 5.75 Å². The van der Waals surface area contributed by atoms with Crippen LogP contribution in [0.25, 0.3) is 0 Å². The van der Waals surface area contributed by atoms with Gasteiger partial charge in [0, 0.05) is 14.5 Å². The van der Waals surface area contributed by atoms with E-state index in [0.717, 1.165) is 15.6 Å². The van der Waals surface area contributed by atoms with Gasteiger partial charge in [0.15, 0.2) is 0 Å². The SMILES string of the molecule is Cc1ccc(C(=O)Oc2cc(Cl)c(C)c(Cl)c2)cc1Br. The molecule has 0 heterocycles. The maximum atomic E-state index is 12.1. The van der Waals surface area contributed by atoms with E-state index < -0.39 is 5.97 Å². The summed E-state index contributed by atoms with van der Waals surface area (Å²) in [4.78, 5) is 12.1. The minimum absolute atomic E-state index is 0.326. The van der Waals surface area contributed by atoms with Gasteiger partial charge in [-0.3, -0.25) is 0 Å². The summed E-state index contributed by atoms with van der Waals surface area (Å²) in [6, 6.07) is 8.42. The summed E-state index contributed by atoms with van der Waals surface area (Å²) < 4.78 is 6.14. The van der Waals surface area contributed by atoms with E-state index >= 15 is 0 Å². The number of hydrogen-bond donors (Lipinski definition) is 0. The van der Waals surface area contributed by atoms with E-state index in [-0.39, 0.29) is 0 Å². The Hall–Kier alpha value is -1.03. The number of carbonyl (C=O) groups excluding carboxylic acids is 1. The molecular weight excluding hydrogens is 363 g/mol. The van der Waals surface area contributed by atoms with E-state index in [4.69, 9.17) is 27.9 Å². The standard InChI is InChI=1S/C15H11BrCl2O2/c1-8-3-4-10(5-12(8)16)15(19)20-11-6-13(17)9(2)14(18)7-11/h3-7H,1-2H3. The van der Waals surface area contributed by atoms with Crippen LogP contribution >= 0.6 is 39.1 Å². The fourth-order valence-electron chi connectivity index (χ4n) is 1.57. The van der Waals surface area contributed by atoms with Crippen LogP contribution in [0, 0.1) is 13.8 Å². The molecule has 20 heavy (non-hydrogen) atoms. The van der Waals surface area contributed by atoms with Crippen molar-refractivity contribution in [2.75, 3.05) is 0 Å². The van der Waals surface area contributed by atoms with Gasteiger partial charge in [-0.05, 0) is 49.2 Å². The van der Waals surface area contributed by atoms with Crippen molar-refractivity contribution in [1.29, 1.82) is 0 Å². The van der Waals surface area contributed by atoms with Gasteiger partial charge in [-0.1, -0.05) is 45.2 Å². The molecule has 0 saturated carbocycles. The van der Waals surface area contributed by atoms with Crippen LogP contribution in [0.4, 0.5) is 0 Å². The van der Waals surface area contributed by atoms with Crippen LogP contribution in [0.1, 0.15) is 21.5 Å². The smallest absolute Gasteiger partial charge is 0.343 e. The minimum Gasteiger partial charge on any atom is -0.423 e. The first kappa shape index (κ1) is 15.4. The molecule has 104 valence electrons. The molecule has 0 bridgehead atoms. The molecule has 0 unspecified atom stereocenters. The van der Waals surface area contributed by atoms with E-state index in [1.165, 1.54) is 0 Å². The Bertz CT molecular complexity index is 661. The Balaban J connectivity index is 2.25. The molecule has 2 aromatic rings. The zero-order valence-electron chi connectivity index (χ0n) is 10.8. The summed E-state index contributed by atoms with van der Waals surface area (Å²) in [5.41, 5.74) is 2.25. The third-order valence-corrected chi connectivity index (χ3v) is 4.51. The Morgan fingerprint density at radius 2 is 1.70 bits per heavy atom. The molecule has 0 radical (unpaired) electrons. The van der Waals surface area contributed by atoms with Crippen molar-refractivity contribution in [3.63, 3.8) is 0 Å². The van der Waals surface area contributed by atoms with Gasteiger partial charge in [-0.2, -0.15) is 0 Å². The Morgan fingerprint density at radius 3 is 2.25 bits per heavy atom. The molecular formula is C15H11BrCl2O2. The average molecular weight is 374 g/mol. The van der Waals surface area contributed by atoms with E-state index in [1.54, 1.807) is 31.2 Å². The number of esters is 1. The number of hydrogen-bond acceptors (Lipinski definition) is 2. The van der Waals surface area contributed by atoms with Gasteiger partial charge in [0.1, 0.15) is 5.75 Å². The summed E-state index contributed by atoms with van der Waals surface area (Å²) in [5.74, 6) is -0.131. The van der Waals surface area contributed by atoms with E-state index in [2.05, 4.69) is 15.9 Å². The maximum Gasteiger partial charge on any atom is 0.343 e. The first-order chi connectivity index (χ1) is 9.38. The summed E-state index contributed by atoms with van der Waals surface area (Å²) in [6.45, 7) is 3.74.